The number of hydrogen-bond acceptors (Lipinski definition) is 2. The lowest BCUT2D eigenvalue weighted by Gasteiger charge is -2.19. The summed E-state index contributed by atoms with van der Waals surface area (Å²) < 4.78 is 39.4. The van der Waals surface area contributed by atoms with E-state index < -0.39 is 18.8 Å². The smallest absolute Gasteiger partial charge is 0.320 e. The highest BCUT2D eigenvalue weighted by atomic mass is 79.9. The fraction of sp³-hybridized carbons (Fsp3) is 0.143. The molecule has 0 heterocycles. The van der Waals surface area contributed by atoms with Crippen molar-refractivity contribution in [1.82, 2.24) is 0 Å². The Labute approximate surface area is 152 Å². The van der Waals surface area contributed by atoms with Gasteiger partial charge in [-0.2, -0.15) is 8.78 Å². The van der Waals surface area contributed by atoms with Gasteiger partial charge in [-0.3, -0.25) is 4.57 Å². The fourth-order valence-electron chi connectivity index (χ4n) is 1.75. The molecule has 23 heavy (non-hydrogen) atoms. The maximum absolute atomic E-state index is 13.7. The average molecular weight is 488 g/mol. The lowest BCUT2D eigenvalue weighted by atomic mass is 10.1. The summed E-state index contributed by atoms with van der Waals surface area (Å²) in [4.78, 5) is 18.6. The van der Waals surface area contributed by atoms with E-state index >= 15 is 0 Å². The van der Waals surface area contributed by atoms with Crippen LogP contribution in [-0.2, 0) is 16.0 Å². The monoisotopic (exact) mass is 486 g/mol. The van der Waals surface area contributed by atoms with Crippen LogP contribution in [0.15, 0.2) is 56.3 Å². The molecule has 2 aromatic carbocycles. The minimum Gasteiger partial charge on any atom is -0.320 e. The molecule has 2 N–H and O–H groups in total. The topological polar surface area (TPSA) is 57.5 Å². The zero-order chi connectivity index (χ0) is 17.3. The van der Waals surface area contributed by atoms with Gasteiger partial charge in [0.2, 0.25) is 0 Å². The molecule has 0 fully saturated rings. The van der Waals surface area contributed by atoms with Gasteiger partial charge in [-0.1, -0.05) is 44.0 Å². The Morgan fingerprint density at radius 2 is 1.70 bits per heavy atom. The molecule has 2 aromatic rings. The Kier molecular flexibility index (Phi) is 6.09. The van der Waals surface area contributed by atoms with Crippen molar-refractivity contribution in [3.05, 3.63) is 62.5 Å². The first-order valence-corrected chi connectivity index (χ1v) is 10.4. The van der Waals surface area contributed by atoms with E-state index in [-0.39, 0.29) is 4.47 Å². The SMILES string of the molecule is O=P(O)(O)C(F)(F)c1ccc(CSc2ccc(Br)cc2)cc1Br. The van der Waals surface area contributed by atoms with Gasteiger partial charge in [0.25, 0.3) is 0 Å². The minimum atomic E-state index is -5.57. The van der Waals surface area contributed by atoms with E-state index in [1.165, 1.54) is 23.9 Å². The summed E-state index contributed by atoms with van der Waals surface area (Å²) in [5, 5.41) is 0. The van der Waals surface area contributed by atoms with Crippen molar-refractivity contribution in [3.8, 4) is 0 Å². The zero-order valence-electron chi connectivity index (χ0n) is 11.4. The third-order valence-corrected chi connectivity index (χ3v) is 6.18. The van der Waals surface area contributed by atoms with Gasteiger partial charge < -0.3 is 9.79 Å². The molecule has 0 amide bonds. The Morgan fingerprint density at radius 3 is 2.22 bits per heavy atom. The van der Waals surface area contributed by atoms with E-state index in [2.05, 4.69) is 31.9 Å². The number of hydrogen-bond donors (Lipinski definition) is 2. The molecule has 3 nitrogen and oxygen atoms in total. The first kappa shape index (κ1) is 19.1. The molecule has 0 bridgehead atoms. The maximum atomic E-state index is 13.7. The molecule has 0 saturated heterocycles. The number of rotatable bonds is 5. The summed E-state index contributed by atoms with van der Waals surface area (Å²) in [7, 11) is -5.57. The predicted molar refractivity (Wildman–Crippen MR) is 93.8 cm³/mol. The van der Waals surface area contributed by atoms with Crippen molar-refractivity contribution in [2.45, 2.75) is 16.3 Å². The zero-order valence-corrected chi connectivity index (χ0v) is 16.3. The van der Waals surface area contributed by atoms with Crippen LogP contribution in [0.2, 0.25) is 0 Å². The molecule has 0 aromatic heterocycles. The van der Waals surface area contributed by atoms with Crippen molar-refractivity contribution in [2.24, 2.45) is 0 Å². The summed E-state index contributed by atoms with van der Waals surface area (Å²) in [6.45, 7) is 0. The molecule has 124 valence electrons. The summed E-state index contributed by atoms with van der Waals surface area (Å²) in [5.41, 5.74) is -4.18. The van der Waals surface area contributed by atoms with Crippen LogP contribution in [0.5, 0.6) is 0 Å². The third kappa shape index (κ3) is 4.65. The summed E-state index contributed by atoms with van der Waals surface area (Å²) in [5.74, 6) is 0.544. The van der Waals surface area contributed by atoms with Crippen molar-refractivity contribution in [2.75, 3.05) is 0 Å². The summed E-state index contributed by atoms with van der Waals surface area (Å²) >= 11 is 7.84. The normalized spacial score (nSPS) is 12.4. The van der Waals surface area contributed by atoms with Crippen LogP contribution in [0.25, 0.3) is 0 Å². The lowest BCUT2D eigenvalue weighted by Crippen LogP contribution is -2.14. The molecule has 9 heteroatoms. The Hall–Kier alpha value is -0.240. The molecular weight excluding hydrogens is 477 g/mol. The molecule has 0 atom stereocenters. The summed E-state index contributed by atoms with van der Waals surface area (Å²) in [6.07, 6.45) is 0. The molecule has 0 spiro atoms. The largest absolute Gasteiger partial charge is 0.399 e. The minimum absolute atomic E-state index is 0.0280. The Balaban J connectivity index is 2.16. The standard InChI is InChI=1S/C14H11Br2F2O3PS/c15-10-2-4-11(5-3-10)23-8-9-1-6-12(13(16)7-9)14(17,18)22(19,20)21/h1-7H,8H2,(H2,19,20,21). The highest BCUT2D eigenvalue weighted by molar-refractivity contribution is 9.10. The third-order valence-electron chi connectivity index (χ3n) is 2.94. The molecule has 0 saturated carbocycles. The first-order valence-electron chi connectivity index (χ1n) is 6.22. The Morgan fingerprint density at radius 1 is 1.09 bits per heavy atom. The second kappa shape index (κ2) is 7.33. The van der Waals surface area contributed by atoms with Gasteiger partial charge in [0.15, 0.2) is 0 Å². The molecule has 0 aliphatic heterocycles. The highest BCUT2D eigenvalue weighted by Gasteiger charge is 2.51. The van der Waals surface area contributed by atoms with Gasteiger partial charge in [0.05, 0.1) is 0 Å². The summed E-state index contributed by atoms with van der Waals surface area (Å²) in [6, 6.07) is 11.6. The molecule has 0 aliphatic rings. The van der Waals surface area contributed by atoms with Crippen molar-refractivity contribution in [3.63, 3.8) is 0 Å². The van der Waals surface area contributed by atoms with Crippen molar-refractivity contribution in [1.29, 1.82) is 0 Å². The average Bonchev–Trinajstić information content (AvgIpc) is 2.45. The highest BCUT2D eigenvalue weighted by Crippen LogP contribution is 2.60. The van der Waals surface area contributed by atoms with Crippen LogP contribution in [0.1, 0.15) is 11.1 Å². The van der Waals surface area contributed by atoms with Gasteiger partial charge in [-0.15, -0.1) is 11.8 Å². The molecule has 0 aliphatic carbocycles. The van der Waals surface area contributed by atoms with Crippen LogP contribution in [-0.4, -0.2) is 9.79 Å². The number of benzene rings is 2. The number of halogens is 4. The molecular formula is C14H11Br2F2O3PS. The van der Waals surface area contributed by atoms with Gasteiger partial charge in [0, 0.05) is 25.2 Å². The van der Waals surface area contributed by atoms with E-state index in [0.717, 1.165) is 21.0 Å². The van der Waals surface area contributed by atoms with Crippen molar-refractivity contribution < 1.29 is 23.1 Å². The quantitative estimate of drug-likeness (QED) is 0.417. The van der Waals surface area contributed by atoms with Crippen LogP contribution in [0.4, 0.5) is 8.78 Å². The molecule has 0 radical (unpaired) electrons. The predicted octanol–water partition coefficient (Wildman–Crippen LogP) is 5.73. The van der Waals surface area contributed by atoms with Crippen LogP contribution < -0.4 is 0 Å². The maximum Gasteiger partial charge on any atom is 0.399 e. The second-order valence-corrected chi connectivity index (χ2v) is 9.11. The number of thioether (sulfide) groups is 1. The van der Waals surface area contributed by atoms with Crippen LogP contribution in [0.3, 0.4) is 0 Å². The first-order chi connectivity index (χ1) is 10.6. The van der Waals surface area contributed by atoms with E-state index in [9.17, 15) is 13.3 Å². The Bertz CT molecular complexity index is 750. The van der Waals surface area contributed by atoms with E-state index in [1.54, 1.807) is 0 Å². The lowest BCUT2D eigenvalue weighted by molar-refractivity contribution is 0.0557. The van der Waals surface area contributed by atoms with Crippen molar-refractivity contribution >= 4 is 51.2 Å². The van der Waals surface area contributed by atoms with Gasteiger partial charge in [-0.05, 0) is 35.9 Å². The molecule has 2 rings (SSSR count). The second-order valence-electron chi connectivity index (χ2n) is 4.64. The molecule has 0 unspecified atom stereocenters. The van der Waals surface area contributed by atoms with E-state index in [4.69, 9.17) is 9.79 Å². The fourth-order valence-corrected chi connectivity index (χ4v) is 4.19. The van der Waals surface area contributed by atoms with Gasteiger partial charge in [-0.25, -0.2) is 0 Å². The van der Waals surface area contributed by atoms with E-state index in [0.29, 0.717) is 5.75 Å². The van der Waals surface area contributed by atoms with E-state index in [1.807, 2.05) is 24.3 Å². The van der Waals surface area contributed by atoms with Gasteiger partial charge >= 0.3 is 13.3 Å². The number of alkyl halides is 2. The van der Waals surface area contributed by atoms with Gasteiger partial charge in [0.1, 0.15) is 0 Å². The van der Waals surface area contributed by atoms with Crippen LogP contribution >= 0.6 is 51.2 Å². The van der Waals surface area contributed by atoms with Crippen LogP contribution in [0, 0.1) is 0 Å².